The number of nitrogens with zero attached hydrogens (tertiary/aromatic N) is 1. The maximum Gasteiger partial charge on any atom is 0.229 e. The van der Waals surface area contributed by atoms with E-state index in [1.807, 2.05) is 34.6 Å². The van der Waals surface area contributed by atoms with Crippen LogP contribution in [0.2, 0.25) is 0 Å². The van der Waals surface area contributed by atoms with Crippen molar-refractivity contribution < 1.29 is 19.4 Å². The van der Waals surface area contributed by atoms with Gasteiger partial charge in [-0.05, 0) is 45.4 Å². The number of amides is 2. The SMILES string of the molecule is CC.CC(C)CC(=O)N(C=O)C(C)(C)CCO.CCOCCC(C)C. The normalized spacial score (nSPS) is 10.6. The first-order valence-corrected chi connectivity index (χ1v) is 9.58. The monoisotopic (exact) mass is 361 g/mol. The molecule has 1 N–H and O–H groups in total. The summed E-state index contributed by atoms with van der Waals surface area (Å²) in [5.74, 6) is 0.824. The molecular weight excluding hydrogens is 318 g/mol. The third-order valence-electron chi connectivity index (χ3n) is 3.38. The molecule has 0 aromatic heterocycles. The highest BCUT2D eigenvalue weighted by molar-refractivity contribution is 5.87. The fraction of sp³-hybridized carbons (Fsp3) is 0.900. The molecule has 0 radical (unpaired) electrons. The lowest BCUT2D eigenvalue weighted by Crippen LogP contribution is -2.47. The first kappa shape index (κ1) is 28.8. The quantitative estimate of drug-likeness (QED) is 0.466. The third kappa shape index (κ3) is 17.7. The van der Waals surface area contributed by atoms with E-state index in [1.165, 1.54) is 11.3 Å². The lowest BCUT2D eigenvalue weighted by Gasteiger charge is -2.34. The van der Waals surface area contributed by atoms with Gasteiger partial charge >= 0.3 is 0 Å². The van der Waals surface area contributed by atoms with Crippen LogP contribution in [0, 0.1) is 11.8 Å². The van der Waals surface area contributed by atoms with Crippen molar-refractivity contribution in [2.24, 2.45) is 11.8 Å². The van der Waals surface area contributed by atoms with E-state index in [0.29, 0.717) is 19.3 Å². The minimum atomic E-state index is -0.609. The van der Waals surface area contributed by atoms with Crippen molar-refractivity contribution in [3.8, 4) is 0 Å². The standard InChI is InChI=1S/C11H21NO3.C7H16O.C2H6/c1-9(2)7-10(15)12(8-14)11(3,4)5-6-13;1-4-8-6-5-7(2)3;1-2/h8-9,13H,5-7H2,1-4H3;7H,4-6H2,1-3H3;1-2H3. The Hall–Kier alpha value is -0.940. The zero-order valence-corrected chi connectivity index (χ0v) is 18.1. The molecule has 0 aliphatic rings. The van der Waals surface area contributed by atoms with Crippen molar-refractivity contribution in [3.63, 3.8) is 0 Å². The summed E-state index contributed by atoms with van der Waals surface area (Å²) in [6.45, 7) is 19.6. The Morgan fingerprint density at radius 3 is 2.00 bits per heavy atom. The summed E-state index contributed by atoms with van der Waals surface area (Å²) in [7, 11) is 0. The summed E-state index contributed by atoms with van der Waals surface area (Å²) in [6, 6.07) is 0. The molecule has 0 atom stereocenters. The van der Waals surface area contributed by atoms with E-state index >= 15 is 0 Å². The molecule has 25 heavy (non-hydrogen) atoms. The zero-order valence-electron chi connectivity index (χ0n) is 18.1. The maximum atomic E-state index is 11.7. The fourth-order valence-electron chi connectivity index (χ4n) is 1.84. The van der Waals surface area contributed by atoms with Gasteiger partial charge in [0.15, 0.2) is 0 Å². The smallest absolute Gasteiger partial charge is 0.229 e. The molecule has 0 saturated carbocycles. The van der Waals surface area contributed by atoms with Crippen molar-refractivity contribution in [2.75, 3.05) is 19.8 Å². The van der Waals surface area contributed by atoms with Crippen LogP contribution in [0.3, 0.4) is 0 Å². The Bertz CT molecular complexity index is 315. The summed E-state index contributed by atoms with van der Waals surface area (Å²) in [4.78, 5) is 23.8. The molecule has 0 heterocycles. The summed E-state index contributed by atoms with van der Waals surface area (Å²) >= 11 is 0. The van der Waals surface area contributed by atoms with Gasteiger partial charge in [-0.25, -0.2) is 0 Å². The van der Waals surface area contributed by atoms with E-state index in [2.05, 4.69) is 13.8 Å². The summed E-state index contributed by atoms with van der Waals surface area (Å²) in [5, 5.41) is 8.86. The molecule has 0 bridgehead atoms. The molecule has 0 unspecified atom stereocenters. The molecule has 0 spiro atoms. The van der Waals surface area contributed by atoms with Gasteiger partial charge in [-0.2, -0.15) is 0 Å². The number of hydrogen-bond donors (Lipinski definition) is 1. The minimum Gasteiger partial charge on any atom is -0.396 e. The number of carbonyl (C=O) groups is 2. The number of imide groups is 1. The number of aliphatic hydroxyl groups excluding tert-OH is 1. The van der Waals surface area contributed by atoms with E-state index in [0.717, 1.165) is 19.1 Å². The molecule has 0 rings (SSSR count). The van der Waals surface area contributed by atoms with Gasteiger partial charge in [0, 0.05) is 31.8 Å². The molecule has 0 fully saturated rings. The predicted molar refractivity (Wildman–Crippen MR) is 105 cm³/mol. The highest BCUT2D eigenvalue weighted by atomic mass is 16.5. The number of ether oxygens (including phenoxy) is 1. The Morgan fingerprint density at radius 1 is 1.16 bits per heavy atom. The van der Waals surface area contributed by atoms with Crippen molar-refractivity contribution >= 4 is 12.3 Å². The van der Waals surface area contributed by atoms with Crippen molar-refractivity contribution in [3.05, 3.63) is 0 Å². The largest absolute Gasteiger partial charge is 0.396 e. The molecule has 0 saturated heterocycles. The molecule has 2 amide bonds. The van der Waals surface area contributed by atoms with Gasteiger partial charge < -0.3 is 9.84 Å². The van der Waals surface area contributed by atoms with Crippen LogP contribution in [0.15, 0.2) is 0 Å². The first-order valence-electron chi connectivity index (χ1n) is 9.58. The van der Waals surface area contributed by atoms with E-state index in [1.54, 1.807) is 13.8 Å². The lowest BCUT2D eigenvalue weighted by atomic mass is 9.97. The molecule has 0 aliphatic heterocycles. The second-order valence-corrected chi connectivity index (χ2v) is 7.13. The molecule has 0 aromatic rings. The van der Waals surface area contributed by atoms with E-state index in [-0.39, 0.29) is 18.4 Å². The third-order valence-corrected chi connectivity index (χ3v) is 3.38. The number of hydrogen-bond acceptors (Lipinski definition) is 4. The van der Waals surface area contributed by atoms with Crippen LogP contribution in [0.4, 0.5) is 0 Å². The lowest BCUT2D eigenvalue weighted by molar-refractivity contribution is -0.145. The van der Waals surface area contributed by atoms with Crippen LogP contribution in [0.5, 0.6) is 0 Å². The predicted octanol–water partition coefficient (Wildman–Crippen LogP) is 4.27. The van der Waals surface area contributed by atoms with E-state index in [4.69, 9.17) is 9.84 Å². The van der Waals surface area contributed by atoms with Crippen LogP contribution in [0.25, 0.3) is 0 Å². The van der Waals surface area contributed by atoms with Gasteiger partial charge in [0.1, 0.15) is 0 Å². The topological polar surface area (TPSA) is 66.8 Å². The molecule has 0 aliphatic carbocycles. The van der Waals surface area contributed by atoms with Gasteiger partial charge in [0.25, 0.3) is 0 Å². The number of aliphatic hydroxyl groups is 1. The van der Waals surface area contributed by atoms with Crippen LogP contribution < -0.4 is 0 Å². The molecule has 5 heteroatoms. The van der Waals surface area contributed by atoms with Crippen LogP contribution in [-0.2, 0) is 14.3 Å². The Kier molecular flexibility index (Phi) is 20.6. The van der Waals surface area contributed by atoms with Gasteiger partial charge in [0.05, 0.1) is 0 Å². The zero-order chi connectivity index (χ0) is 20.5. The number of rotatable bonds is 10. The summed E-state index contributed by atoms with van der Waals surface area (Å²) in [6.07, 6.45) is 2.50. The Balaban J connectivity index is -0.000000408. The van der Waals surface area contributed by atoms with Crippen LogP contribution in [0.1, 0.15) is 81.6 Å². The molecule has 152 valence electrons. The molecule has 0 aromatic carbocycles. The number of carbonyl (C=O) groups excluding carboxylic acids is 2. The Morgan fingerprint density at radius 2 is 1.68 bits per heavy atom. The van der Waals surface area contributed by atoms with Gasteiger partial charge in [-0.3, -0.25) is 14.5 Å². The van der Waals surface area contributed by atoms with E-state index < -0.39 is 5.54 Å². The van der Waals surface area contributed by atoms with Crippen molar-refractivity contribution in [2.45, 2.75) is 87.1 Å². The molecule has 5 nitrogen and oxygen atoms in total. The highest BCUT2D eigenvalue weighted by Gasteiger charge is 2.30. The average Bonchev–Trinajstić information content (AvgIpc) is 2.49. The second kappa shape index (κ2) is 17.9. The average molecular weight is 362 g/mol. The fourth-order valence-corrected chi connectivity index (χ4v) is 1.84. The van der Waals surface area contributed by atoms with Gasteiger partial charge in [0.2, 0.25) is 12.3 Å². The minimum absolute atomic E-state index is 0.0354. The van der Waals surface area contributed by atoms with Crippen molar-refractivity contribution in [1.29, 1.82) is 0 Å². The van der Waals surface area contributed by atoms with Crippen molar-refractivity contribution in [1.82, 2.24) is 4.90 Å². The van der Waals surface area contributed by atoms with Gasteiger partial charge in [-0.15, -0.1) is 0 Å². The van der Waals surface area contributed by atoms with Gasteiger partial charge in [-0.1, -0.05) is 41.5 Å². The highest BCUT2D eigenvalue weighted by Crippen LogP contribution is 2.19. The maximum absolute atomic E-state index is 11.7. The van der Waals surface area contributed by atoms with Crippen LogP contribution in [-0.4, -0.2) is 47.7 Å². The Labute approximate surface area is 156 Å². The second-order valence-electron chi connectivity index (χ2n) is 7.13. The summed E-state index contributed by atoms with van der Waals surface area (Å²) in [5.41, 5.74) is -0.609. The van der Waals surface area contributed by atoms with Crippen LogP contribution >= 0.6 is 0 Å². The summed E-state index contributed by atoms with van der Waals surface area (Å²) < 4.78 is 5.14. The molecular formula is C20H43NO4. The first-order chi connectivity index (χ1) is 11.6. The van der Waals surface area contributed by atoms with E-state index in [9.17, 15) is 9.59 Å².